The Bertz CT molecular complexity index is 829. The average Bonchev–Trinajstić information content (AvgIpc) is 2.81. The molecule has 2 nitrogen and oxygen atoms in total. The van der Waals surface area contributed by atoms with Gasteiger partial charge in [0.2, 0.25) is 0 Å². The van der Waals surface area contributed by atoms with Gasteiger partial charge in [-0.05, 0) is 29.7 Å². The highest BCUT2D eigenvalue weighted by molar-refractivity contribution is 5.56. The molecule has 0 spiro atoms. The molecule has 1 heterocycles. The second kappa shape index (κ2) is 6.73. The van der Waals surface area contributed by atoms with Gasteiger partial charge in [0.1, 0.15) is 0 Å². The summed E-state index contributed by atoms with van der Waals surface area (Å²) in [5.41, 5.74) is 5.28. The summed E-state index contributed by atoms with van der Waals surface area (Å²) in [7, 11) is 0. The smallest absolute Gasteiger partial charge is 0.0586 e. The quantitative estimate of drug-likeness (QED) is 0.749. The molecule has 1 atom stereocenters. The number of hydrogen-bond donors (Lipinski definition) is 1. The molecular formula is C23H24N2. The first kappa shape index (κ1) is 15.9. The molecule has 0 aromatic heterocycles. The van der Waals surface area contributed by atoms with Gasteiger partial charge in [-0.15, -0.1) is 0 Å². The molecule has 25 heavy (non-hydrogen) atoms. The highest BCUT2D eigenvalue weighted by Crippen LogP contribution is 2.32. The van der Waals surface area contributed by atoms with Crippen molar-refractivity contribution in [2.75, 3.05) is 11.4 Å². The fraction of sp³-hybridized carbons (Fsp3) is 0.217. The molecule has 0 fully saturated rings. The lowest BCUT2D eigenvalue weighted by Crippen LogP contribution is -2.46. The number of rotatable bonds is 3. The Labute approximate surface area is 150 Å². The van der Waals surface area contributed by atoms with E-state index in [4.69, 9.17) is 0 Å². The van der Waals surface area contributed by atoms with Gasteiger partial charge in [0, 0.05) is 25.3 Å². The summed E-state index contributed by atoms with van der Waals surface area (Å²) in [6.45, 7) is 5.05. The number of hydrogen-bond acceptors (Lipinski definition) is 2. The Morgan fingerprint density at radius 2 is 1.48 bits per heavy atom. The van der Waals surface area contributed by atoms with Gasteiger partial charge in [0.25, 0.3) is 0 Å². The van der Waals surface area contributed by atoms with Gasteiger partial charge in [-0.1, -0.05) is 78.9 Å². The molecule has 0 radical (unpaired) electrons. The second-order valence-electron chi connectivity index (χ2n) is 7.02. The number of fused-ring (bicyclic) bond motifs is 1. The van der Waals surface area contributed by atoms with Gasteiger partial charge >= 0.3 is 0 Å². The Morgan fingerprint density at radius 3 is 2.24 bits per heavy atom. The van der Waals surface area contributed by atoms with Crippen molar-refractivity contribution in [2.24, 2.45) is 0 Å². The summed E-state index contributed by atoms with van der Waals surface area (Å²) >= 11 is 0. The van der Waals surface area contributed by atoms with E-state index in [0.29, 0.717) is 0 Å². The molecule has 0 amide bonds. The maximum Gasteiger partial charge on any atom is 0.0586 e. The zero-order valence-electron chi connectivity index (χ0n) is 14.7. The Balaban J connectivity index is 1.72. The summed E-state index contributed by atoms with van der Waals surface area (Å²) in [4.78, 5) is 2.51. The maximum atomic E-state index is 3.80. The fourth-order valence-corrected chi connectivity index (χ4v) is 3.73. The van der Waals surface area contributed by atoms with E-state index in [9.17, 15) is 0 Å². The van der Waals surface area contributed by atoms with Crippen molar-refractivity contribution in [1.82, 2.24) is 5.32 Å². The largest absolute Gasteiger partial charge is 0.365 e. The molecule has 4 rings (SSSR count). The van der Waals surface area contributed by atoms with Crippen LogP contribution in [0.2, 0.25) is 0 Å². The van der Waals surface area contributed by atoms with Crippen molar-refractivity contribution < 1.29 is 0 Å². The first-order valence-corrected chi connectivity index (χ1v) is 8.92. The van der Waals surface area contributed by atoms with Crippen LogP contribution in [-0.4, -0.2) is 6.54 Å². The van der Waals surface area contributed by atoms with E-state index in [1.807, 2.05) is 0 Å². The minimum absolute atomic E-state index is 0.0882. The van der Waals surface area contributed by atoms with Gasteiger partial charge in [-0.2, -0.15) is 0 Å². The van der Waals surface area contributed by atoms with Crippen LogP contribution in [0.3, 0.4) is 0 Å². The number of para-hydroxylation sites is 1. The standard InChI is InChI=1S/C23H24N2/c1-23(21-13-6-3-7-14-21)18-25(17-19-10-4-2-5-11-19)22-15-9-8-12-20(22)16-24-23/h2-15,24H,16-18H2,1H3. The molecule has 3 aromatic carbocycles. The first-order valence-electron chi connectivity index (χ1n) is 8.92. The van der Waals surface area contributed by atoms with Crippen molar-refractivity contribution in [2.45, 2.75) is 25.6 Å². The van der Waals surface area contributed by atoms with Crippen LogP contribution in [0.4, 0.5) is 5.69 Å². The number of benzene rings is 3. The van der Waals surface area contributed by atoms with E-state index >= 15 is 0 Å². The number of nitrogens with zero attached hydrogens (tertiary/aromatic N) is 1. The van der Waals surface area contributed by atoms with Gasteiger partial charge < -0.3 is 10.2 Å². The Kier molecular flexibility index (Phi) is 4.29. The van der Waals surface area contributed by atoms with Crippen molar-refractivity contribution >= 4 is 5.69 Å². The second-order valence-corrected chi connectivity index (χ2v) is 7.02. The molecule has 2 heteroatoms. The van der Waals surface area contributed by atoms with E-state index in [2.05, 4.69) is 102 Å². The summed E-state index contributed by atoms with van der Waals surface area (Å²) < 4.78 is 0. The molecular weight excluding hydrogens is 304 g/mol. The van der Waals surface area contributed by atoms with Crippen LogP contribution in [0.15, 0.2) is 84.9 Å². The third-order valence-corrected chi connectivity index (χ3v) is 5.14. The van der Waals surface area contributed by atoms with Gasteiger partial charge in [0.15, 0.2) is 0 Å². The molecule has 0 aliphatic carbocycles. The molecule has 1 unspecified atom stereocenters. The van der Waals surface area contributed by atoms with Crippen molar-refractivity contribution in [1.29, 1.82) is 0 Å². The fourth-order valence-electron chi connectivity index (χ4n) is 3.73. The molecule has 1 aliphatic rings. The molecule has 3 aromatic rings. The predicted octanol–water partition coefficient (Wildman–Crippen LogP) is 4.71. The highest BCUT2D eigenvalue weighted by Gasteiger charge is 2.32. The minimum Gasteiger partial charge on any atom is -0.365 e. The van der Waals surface area contributed by atoms with Crippen LogP contribution >= 0.6 is 0 Å². The minimum atomic E-state index is -0.0882. The molecule has 126 valence electrons. The lowest BCUT2D eigenvalue weighted by atomic mass is 9.91. The van der Waals surface area contributed by atoms with Crippen LogP contribution in [0.1, 0.15) is 23.6 Å². The Morgan fingerprint density at radius 1 is 0.840 bits per heavy atom. The van der Waals surface area contributed by atoms with Gasteiger partial charge in [-0.3, -0.25) is 0 Å². The molecule has 1 aliphatic heterocycles. The SMILES string of the molecule is CC1(c2ccccc2)CN(Cc2ccccc2)c2ccccc2CN1. The lowest BCUT2D eigenvalue weighted by Gasteiger charge is -2.35. The summed E-state index contributed by atoms with van der Waals surface area (Å²) in [6, 6.07) is 30.3. The topological polar surface area (TPSA) is 15.3 Å². The summed E-state index contributed by atoms with van der Waals surface area (Å²) in [6.07, 6.45) is 0. The third-order valence-electron chi connectivity index (χ3n) is 5.14. The van der Waals surface area contributed by atoms with E-state index in [0.717, 1.165) is 19.6 Å². The van der Waals surface area contributed by atoms with Crippen molar-refractivity contribution in [3.05, 3.63) is 102 Å². The van der Waals surface area contributed by atoms with Crippen LogP contribution in [-0.2, 0) is 18.6 Å². The van der Waals surface area contributed by atoms with Crippen LogP contribution in [0.5, 0.6) is 0 Å². The van der Waals surface area contributed by atoms with Gasteiger partial charge in [-0.25, -0.2) is 0 Å². The highest BCUT2D eigenvalue weighted by atomic mass is 15.2. The number of nitrogens with one attached hydrogen (secondary N) is 1. The van der Waals surface area contributed by atoms with E-state index in [-0.39, 0.29) is 5.54 Å². The lowest BCUT2D eigenvalue weighted by molar-refractivity contribution is 0.372. The van der Waals surface area contributed by atoms with E-state index in [1.54, 1.807) is 0 Å². The zero-order valence-corrected chi connectivity index (χ0v) is 14.7. The average molecular weight is 328 g/mol. The summed E-state index contributed by atoms with van der Waals surface area (Å²) in [5, 5.41) is 3.80. The first-order chi connectivity index (χ1) is 12.2. The van der Waals surface area contributed by atoms with E-state index < -0.39 is 0 Å². The molecule has 0 saturated carbocycles. The maximum absolute atomic E-state index is 3.80. The molecule has 0 saturated heterocycles. The normalized spacial score (nSPS) is 20.0. The third kappa shape index (κ3) is 3.31. The van der Waals surface area contributed by atoms with Crippen LogP contribution in [0, 0.1) is 0 Å². The molecule has 1 N–H and O–H groups in total. The van der Waals surface area contributed by atoms with E-state index in [1.165, 1.54) is 22.4 Å². The van der Waals surface area contributed by atoms with Crippen molar-refractivity contribution in [3.8, 4) is 0 Å². The monoisotopic (exact) mass is 328 g/mol. The summed E-state index contributed by atoms with van der Waals surface area (Å²) in [5.74, 6) is 0. The molecule has 0 bridgehead atoms. The zero-order chi connectivity index (χ0) is 17.1. The number of anilines is 1. The van der Waals surface area contributed by atoms with Crippen LogP contribution < -0.4 is 10.2 Å². The predicted molar refractivity (Wildman–Crippen MR) is 105 cm³/mol. The van der Waals surface area contributed by atoms with Crippen molar-refractivity contribution in [3.63, 3.8) is 0 Å². The Hall–Kier alpha value is -2.58. The van der Waals surface area contributed by atoms with Crippen LogP contribution in [0.25, 0.3) is 0 Å². The van der Waals surface area contributed by atoms with Gasteiger partial charge in [0.05, 0.1) is 5.54 Å².